The fourth-order valence-corrected chi connectivity index (χ4v) is 4.93. The van der Waals surface area contributed by atoms with Gasteiger partial charge in [-0.15, -0.1) is 0 Å². The van der Waals surface area contributed by atoms with E-state index in [1.165, 1.54) is 33.1 Å². The molecule has 0 N–H and O–H groups in total. The summed E-state index contributed by atoms with van der Waals surface area (Å²) >= 11 is 0. The summed E-state index contributed by atoms with van der Waals surface area (Å²) in [5, 5.41) is 4.67. The van der Waals surface area contributed by atoms with Crippen LogP contribution in [0.15, 0.2) is 108 Å². The van der Waals surface area contributed by atoms with Crippen molar-refractivity contribution in [3.05, 3.63) is 115 Å². The van der Waals surface area contributed by atoms with E-state index in [1.54, 1.807) is 12.4 Å². The second-order valence-corrected chi connectivity index (χ2v) is 8.32. The van der Waals surface area contributed by atoms with Crippen LogP contribution in [0, 0.1) is 0 Å². The Hall–Kier alpha value is -4.44. The molecule has 0 amide bonds. The summed E-state index contributed by atoms with van der Waals surface area (Å²) in [6.07, 6.45) is 6.11. The Morgan fingerprint density at radius 3 is 2.18 bits per heavy atom. The third kappa shape index (κ3) is 2.77. The zero-order valence-electron chi connectivity index (χ0n) is 17.8. The molecule has 0 aliphatic heterocycles. The number of rotatable bonds is 3. The van der Waals surface area contributed by atoms with E-state index in [9.17, 15) is 0 Å². The fraction of sp³-hybridized carbons (Fsp3) is 0.0345. The minimum Gasteiger partial charge on any atom is -0.453 e. The summed E-state index contributed by atoms with van der Waals surface area (Å²) < 4.78 is 8.28. The van der Waals surface area contributed by atoms with Crippen molar-refractivity contribution >= 4 is 43.7 Å². The molecule has 156 valence electrons. The highest BCUT2D eigenvalue weighted by atomic mass is 16.3. The highest BCUT2D eigenvalue weighted by Gasteiger charge is 2.15. The summed E-state index contributed by atoms with van der Waals surface area (Å²) in [5.41, 5.74) is 7.42. The Morgan fingerprint density at radius 1 is 0.667 bits per heavy atom. The third-order valence-electron chi connectivity index (χ3n) is 6.40. The monoisotopic (exact) mass is 425 g/mol. The van der Waals surface area contributed by atoms with Crippen LogP contribution in [0.25, 0.3) is 49.4 Å². The van der Waals surface area contributed by atoms with Gasteiger partial charge in [-0.2, -0.15) is 0 Å². The molecule has 0 atom stereocenters. The standard InChI is InChI=1S/C29H19N3O/c1-4-10-25(32-26-11-5-2-8-21(26)22-9-3-6-12-27(22)32)19(7-1)15-20-16-24-23-13-14-30-17-28(23)33-29(24)18-31-20/h1-14,16-18H,15H2. The van der Waals surface area contributed by atoms with Crippen molar-refractivity contribution in [1.82, 2.24) is 14.5 Å². The summed E-state index contributed by atoms with van der Waals surface area (Å²) in [5.74, 6) is 0. The summed E-state index contributed by atoms with van der Waals surface area (Å²) in [4.78, 5) is 8.89. The largest absolute Gasteiger partial charge is 0.453 e. The Labute approximate surface area is 189 Å². The number of aromatic nitrogens is 3. The summed E-state index contributed by atoms with van der Waals surface area (Å²) in [7, 11) is 0. The quantitative estimate of drug-likeness (QED) is 0.304. The van der Waals surface area contributed by atoms with Crippen molar-refractivity contribution in [3.8, 4) is 5.69 Å². The van der Waals surface area contributed by atoms with E-state index in [-0.39, 0.29) is 0 Å². The predicted octanol–water partition coefficient (Wildman–Crippen LogP) is 7.06. The van der Waals surface area contributed by atoms with Crippen LogP contribution in [0.1, 0.15) is 11.3 Å². The van der Waals surface area contributed by atoms with E-state index in [2.05, 4.69) is 88.4 Å². The first-order valence-corrected chi connectivity index (χ1v) is 11.0. The number of para-hydroxylation sites is 3. The van der Waals surface area contributed by atoms with Crippen molar-refractivity contribution in [2.24, 2.45) is 0 Å². The average Bonchev–Trinajstić information content (AvgIpc) is 3.40. The van der Waals surface area contributed by atoms with Crippen LogP contribution in [0.2, 0.25) is 0 Å². The minimum atomic E-state index is 0.727. The Morgan fingerprint density at radius 2 is 1.36 bits per heavy atom. The SMILES string of the molecule is c1ccc(-n2c3ccccc3c3ccccc32)c(Cc2cc3c(cn2)oc2cnccc23)c1. The molecule has 7 aromatic rings. The molecule has 7 rings (SSSR count). The van der Waals surface area contributed by atoms with Crippen LogP contribution in [0.5, 0.6) is 0 Å². The zero-order chi connectivity index (χ0) is 21.8. The summed E-state index contributed by atoms with van der Waals surface area (Å²) in [6.45, 7) is 0. The maximum atomic E-state index is 5.91. The molecule has 4 aromatic heterocycles. The second-order valence-electron chi connectivity index (χ2n) is 8.32. The Bertz CT molecular complexity index is 1760. The van der Waals surface area contributed by atoms with Crippen molar-refractivity contribution in [2.45, 2.75) is 6.42 Å². The van der Waals surface area contributed by atoms with Gasteiger partial charge in [-0.1, -0.05) is 54.6 Å². The average molecular weight is 425 g/mol. The maximum Gasteiger partial charge on any atom is 0.153 e. The molecule has 33 heavy (non-hydrogen) atoms. The minimum absolute atomic E-state index is 0.727. The molecular weight excluding hydrogens is 406 g/mol. The maximum absolute atomic E-state index is 5.91. The first-order valence-electron chi connectivity index (χ1n) is 11.0. The molecule has 0 aliphatic carbocycles. The molecule has 4 heteroatoms. The lowest BCUT2D eigenvalue weighted by Gasteiger charge is -2.13. The Balaban J connectivity index is 1.41. The number of furan rings is 1. The Kier molecular flexibility index (Phi) is 3.87. The first-order chi connectivity index (χ1) is 16.4. The van der Waals surface area contributed by atoms with Gasteiger partial charge in [-0.3, -0.25) is 9.97 Å². The number of nitrogens with zero attached hydrogens (tertiary/aromatic N) is 3. The van der Waals surface area contributed by atoms with Gasteiger partial charge in [0.15, 0.2) is 11.2 Å². The van der Waals surface area contributed by atoms with Crippen molar-refractivity contribution in [2.75, 3.05) is 0 Å². The van der Waals surface area contributed by atoms with Gasteiger partial charge in [0, 0.05) is 45.5 Å². The molecule has 0 spiro atoms. The number of pyridine rings is 2. The van der Waals surface area contributed by atoms with Crippen LogP contribution < -0.4 is 0 Å². The van der Waals surface area contributed by atoms with Gasteiger partial charge in [-0.25, -0.2) is 0 Å². The van der Waals surface area contributed by atoms with Crippen LogP contribution in [0.4, 0.5) is 0 Å². The molecule has 0 bridgehead atoms. The van der Waals surface area contributed by atoms with Gasteiger partial charge in [-0.05, 0) is 35.9 Å². The van der Waals surface area contributed by atoms with Gasteiger partial charge in [0.2, 0.25) is 0 Å². The molecule has 0 unspecified atom stereocenters. The van der Waals surface area contributed by atoms with E-state index >= 15 is 0 Å². The summed E-state index contributed by atoms with van der Waals surface area (Å²) in [6, 6.07) is 30.0. The lowest BCUT2D eigenvalue weighted by Crippen LogP contribution is -2.01. The van der Waals surface area contributed by atoms with Gasteiger partial charge >= 0.3 is 0 Å². The first kappa shape index (κ1) is 18.2. The van der Waals surface area contributed by atoms with Crippen molar-refractivity contribution in [1.29, 1.82) is 0 Å². The van der Waals surface area contributed by atoms with E-state index in [1.807, 2.05) is 12.3 Å². The van der Waals surface area contributed by atoms with Gasteiger partial charge in [0.05, 0.1) is 23.4 Å². The molecule has 0 saturated heterocycles. The normalized spacial score (nSPS) is 11.8. The number of hydrogen-bond acceptors (Lipinski definition) is 3. The van der Waals surface area contributed by atoms with Crippen molar-refractivity contribution in [3.63, 3.8) is 0 Å². The van der Waals surface area contributed by atoms with Crippen LogP contribution in [0.3, 0.4) is 0 Å². The third-order valence-corrected chi connectivity index (χ3v) is 6.40. The molecule has 4 heterocycles. The lowest BCUT2D eigenvalue weighted by molar-refractivity contribution is 0.664. The van der Waals surface area contributed by atoms with Gasteiger partial charge in [0.25, 0.3) is 0 Å². The highest BCUT2D eigenvalue weighted by molar-refractivity contribution is 6.09. The van der Waals surface area contributed by atoms with E-state index in [0.717, 1.165) is 34.1 Å². The second kappa shape index (κ2) is 7.04. The topological polar surface area (TPSA) is 43.9 Å². The van der Waals surface area contributed by atoms with Crippen molar-refractivity contribution < 1.29 is 4.42 Å². The molecule has 0 fully saturated rings. The van der Waals surface area contributed by atoms with Crippen LogP contribution in [-0.4, -0.2) is 14.5 Å². The molecule has 0 saturated carbocycles. The van der Waals surface area contributed by atoms with E-state index in [0.29, 0.717) is 0 Å². The number of fused-ring (bicyclic) bond motifs is 6. The van der Waals surface area contributed by atoms with E-state index < -0.39 is 0 Å². The molecular formula is C29H19N3O. The van der Waals surface area contributed by atoms with Crippen LogP contribution in [-0.2, 0) is 6.42 Å². The van der Waals surface area contributed by atoms with Crippen LogP contribution >= 0.6 is 0 Å². The smallest absolute Gasteiger partial charge is 0.153 e. The molecule has 0 aliphatic rings. The zero-order valence-corrected chi connectivity index (χ0v) is 17.8. The van der Waals surface area contributed by atoms with Gasteiger partial charge in [0.1, 0.15) is 0 Å². The number of hydrogen-bond donors (Lipinski definition) is 0. The molecule has 3 aromatic carbocycles. The number of benzene rings is 3. The lowest BCUT2D eigenvalue weighted by atomic mass is 10.1. The van der Waals surface area contributed by atoms with Gasteiger partial charge < -0.3 is 8.98 Å². The predicted molar refractivity (Wildman–Crippen MR) is 133 cm³/mol. The highest BCUT2D eigenvalue weighted by Crippen LogP contribution is 2.34. The fourth-order valence-electron chi connectivity index (χ4n) is 4.93. The molecule has 0 radical (unpaired) electrons. The van der Waals surface area contributed by atoms with E-state index in [4.69, 9.17) is 9.40 Å². The molecule has 4 nitrogen and oxygen atoms in total.